The van der Waals surface area contributed by atoms with Crippen LogP contribution in [-0.2, 0) is 0 Å². The van der Waals surface area contributed by atoms with E-state index in [1.807, 2.05) is 15.9 Å². The predicted molar refractivity (Wildman–Crippen MR) is 79.1 cm³/mol. The molecule has 2 fully saturated rings. The first-order valence-corrected chi connectivity index (χ1v) is 7.72. The van der Waals surface area contributed by atoms with Crippen molar-refractivity contribution in [2.24, 2.45) is 0 Å². The van der Waals surface area contributed by atoms with Crippen LogP contribution >= 0.6 is 0 Å². The molecule has 1 aromatic rings. The van der Waals surface area contributed by atoms with E-state index in [4.69, 9.17) is 0 Å². The minimum absolute atomic E-state index is 0.0654. The molecule has 0 aliphatic carbocycles. The van der Waals surface area contributed by atoms with Crippen molar-refractivity contribution in [2.45, 2.75) is 31.7 Å². The monoisotopic (exact) mass is 290 g/mol. The lowest BCUT2D eigenvalue weighted by Gasteiger charge is -2.34. The Morgan fingerprint density at radius 1 is 1.10 bits per heavy atom. The molecule has 0 aromatic carbocycles. The summed E-state index contributed by atoms with van der Waals surface area (Å²) >= 11 is 0. The van der Waals surface area contributed by atoms with Crippen LogP contribution in [0.3, 0.4) is 0 Å². The molecule has 0 bridgehead atoms. The molecule has 6 heteroatoms. The summed E-state index contributed by atoms with van der Waals surface area (Å²) in [7, 11) is 0. The van der Waals surface area contributed by atoms with Crippen molar-refractivity contribution in [3.63, 3.8) is 0 Å². The Balaban J connectivity index is 1.46. The molecule has 0 saturated carbocycles. The fourth-order valence-corrected chi connectivity index (χ4v) is 3.06. The Morgan fingerprint density at radius 2 is 1.76 bits per heavy atom. The molecule has 1 aromatic heterocycles. The first-order chi connectivity index (χ1) is 10.2. The Bertz CT molecular complexity index is 486. The second-order valence-electron chi connectivity index (χ2n) is 5.80. The zero-order valence-corrected chi connectivity index (χ0v) is 12.2. The Labute approximate surface area is 124 Å². The average Bonchev–Trinajstić information content (AvgIpc) is 3.20. The number of piperidine rings is 1. The largest absolute Gasteiger partial charge is 0.357 e. The molecule has 0 spiro atoms. The van der Waals surface area contributed by atoms with Crippen LogP contribution in [-0.4, -0.2) is 58.9 Å². The van der Waals surface area contributed by atoms with Crippen LogP contribution in [0, 0.1) is 0 Å². The van der Waals surface area contributed by atoms with Gasteiger partial charge in [0.1, 0.15) is 5.69 Å². The number of aromatic nitrogens is 1. The number of nitrogens with one attached hydrogen (secondary N) is 2. The first-order valence-electron chi connectivity index (χ1n) is 7.72. The van der Waals surface area contributed by atoms with Crippen molar-refractivity contribution in [3.8, 4) is 0 Å². The van der Waals surface area contributed by atoms with Gasteiger partial charge < -0.3 is 20.1 Å². The topological polar surface area (TPSA) is 68.4 Å². The molecule has 114 valence electrons. The summed E-state index contributed by atoms with van der Waals surface area (Å²) in [6.45, 7) is 3.24. The molecule has 0 unspecified atom stereocenters. The Hall–Kier alpha value is -1.98. The van der Waals surface area contributed by atoms with Crippen molar-refractivity contribution in [2.75, 3.05) is 26.2 Å². The van der Waals surface area contributed by atoms with Gasteiger partial charge in [0.05, 0.1) is 0 Å². The molecule has 3 amide bonds. The summed E-state index contributed by atoms with van der Waals surface area (Å²) < 4.78 is 0. The smallest absolute Gasteiger partial charge is 0.319 e. The standard InChI is InChI=1S/C15H22N4O2/c20-14(13-4-3-7-16-13)17-12-5-10-19(11-6-12)15(21)18-8-1-2-9-18/h3-4,7,12,16H,1-2,5-6,8-11H2,(H,17,20). The number of amides is 3. The van der Waals surface area contributed by atoms with E-state index in [1.54, 1.807) is 12.3 Å². The van der Waals surface area contributed by atoms with Gasteiger partial charge in [-0.15, -0.1) is 0 Å². The molecule has 2 saturated heterocycles. The fraction of sp³-hybridized carbons (Fsp3) is 0.600. The number of hydrogen-bond donors (Lipinski definition) is 2. The zero-order chi connectivity index (χ0) is 14.7. The van der Waals surface area contributed by atoms with Crippen molar-refractivity contribution in [1.29, 1.82) is 0 Å². The second kappa shape index (κ2) is 6.20. The first kappa shape index (κ1) is 14.0. The lowest BCUT2D eigenvalue weighted by Crippen LogP contribution is -2.50. The van der Waals surface area contributed by atoms with E-state index in [1.165, 1.54) is 0 Å². The van der Waals surface area contributed by atoms with Gasteiger partial charge in [-0.05, 0) is 37.8 Å². The number of hydrogen-bond acceptors (Lipinski definition) is 2. The normalized spacial score (nSPS) is 19.8. The van der Waals surface area contributed by atoms with Crippen LogP contribution in [0.25, 0.3) is 0 Å². The highest BCUT2D eigenvalue weighted by atomic mass is 16.2. The van der Waals surface area contributed by atoms with Crippen LogP contribution in [0.5, 0.6) is 0 Å². The van der Waals surface area contributed by atoms with E-state index in [-0.39, 0.29) is 18.0 Å². The van der Waals surface area contributed by atoms with Crippen LogP contribution < -0.4 is 5.32 Å². The molecular formula is C15H22N4O2. The Morgan fingerprint density at radius 3 is 2.38 bits per heavy atom. The van der Waals surface area contributed by atoms with E-state index in [2.05, 4.69) is 10.3 Å². The molecule has 2 aliphatic heterocycles. The maximum Gasteiger partial charge on any atom is 0.319 e. The van der Waals surface area contributed by atoms with Crippen LogP contribution in [0.2, 0.25) is 0 Å². The van der Waals surface area contributed by atoms with Crippen molar-refractivity contribution < 1.29 is 9.59 Å². The van der Waals surface area contributed by atoms with E-state index in [9.17, 15) is 9.59 Å². The molecule has 6 nitrogen and oxygen atoms in total. The van der Waals surface area contributed by atoms with Crippen LogP contribution in [0.4, 0.5) is 4.79 Å². The minimum Gasteiger partial charge on any atom is -0.357 e. The van der Waals surface area contributed by atoms with E-state index in [0.717, 1.165) is 51.9 Å². The average molecular weight is 290 g/mol. The maximum absolute atomic E-state index is 12.3. The van der Waals surface area contributed by atoms with Gasteiger partial charge in [0, 0.05) is 38.4 Å². The van der Waals surface area contributed by atoms with Gasteiger partial charge in [0.15, 0.2) is 0 Å². The highest BCUT2D eigenvalue weighted by molar-refractivity contribution is 5.92. The summed E-state index contributed by atoms with van der Waals surface area (Å²) in [4.78, 5) is 31.0. The number of nitrogens with zero attached hydrogens (tertiary/aromatic N) is 2. The summed E-state index contributed by atoms with van der Waals surface area (Å²) in [6, 6.07) is 3.90. The number of rotatable bonds is 2. The lowest BCUT2D eigenvalue weighted by molar-refractivity contribution is 0.0908. The lowest BCUT2D eigenvalue weighted by atomic mass is 10.1. The molecule has 2 aliphatic rings. The number of carbonyl (C=O) groups excluding carboxylic acids is 2. The second-order valence-corrected chi connectivity index (χ2v) is 5.80. The summed E-state index contributed by atoms with van der Waals surface area (Å²) in [5.41, 5.74) is 0.588. The molecule has 3 heterocycles. The van der Waals surface area contributed by atoms with Crippen molar-refractivity contribution in [1.82, 2.24) is 20.1 Å². The number of aromatic amines is 1. The third-order valence-corrected chi connectivity index (χ3v) is 4.32. The quantitative estimate of drug-likeness (QED) is 0.865. The van der Waals surface area contributed by atoms with Gasteiger partial charge >= 0.3 is 6.03 Å². The number of H-pyrrole nitrogens is 1. The van der Waals surface area contributed by atoms with Gasteiger partial charge in [0.2, 0.25) is 0 Å². The minimum atomic E-state index is -0.0654. The van der Waals surface area contributed by atoms with E-state index in [0.29, 0.717) is 5.69 Å². The Kier molecular flexibility index (Phi) is 4.13. The summed E-state index contributed by atoms with van der Waals surface area (Å²) in [5, 5.41) is 3.03. The summed E-state index contributed by atoms with van der Waals surface area (Å²) in [5.74, 6) is -0.0654. The van der Waals surface area contributed by atoms with Gasteiger partial charge in [-0.1, -0.05) is 0 Å². The molecule has 0 radical (unpaired) electrons. The zero-order valence-electron chi connectivity index (χ0n) is 12.2. The summed E-state index contributed by atoms with van der Waals surface area (Å²) in [6.07, 6.45) is 5.63. The molecule has 2 N–H and O–H groups in total. The predicted octanol–water partition coefficient (Wildman–Crippen LogP) is 1.42. The third-order valence-electron chi connectivity index (χ3n) is 4.32. The molecule has 21 heavy (non-hydrogen) atoms. The number of likely N-dealkylation sites (tertiary alicyclic amines) is 2. The van der Waals surface area contributed by atoms with Crippen LogP contribution in [0.1, 0.15) is 36.2 Å². The highest BCUT2D eigenvalue weighted by Gasteiger charge is 2.28. The molecule has 3 rings (SSSR count). The molecule has 0 atom stereocenters. The molecular weight excluding hydrogens is 268 g/mol. The van der Waals surface area contributed by atoms with Gasteiger partial charge in [0.25, 0.3) is 5.91 Å². The third kappa shape index (κ3) is 3.20. The highest BCUT2D eigenvalue weighted by Crippen LogP contribution is 2.16. The van der Waals surface area contributed by atoms with Gasteiger partial charge in [-0.25, -0.2) is 4.79 Å². The maximum atomic E-state index is 12.3. The van der Waals surface area contributed by atoms with Crippen LogP contribution in [0.15, 0.2) is 18.3 Å². The number of carbonyl (C=O) groups is 2. The fourth-order valence-electron chi connectivity index (χ4n) is 3.06. The van der Waals surface area contributed by atoms with Gasteiger partial charge in [-0.3, -0.25) is 4.79 Å². The SMILES string of the molecule is O=C(NC1CCN(C(=O)N2CCCC2)CC1)c1ccc[nH]1. The van der Waals surface area contributed by atoms with Crippen molar-refractivity contribution in [3.05, 3.63) is 24.0 Å². The van der Waals surface area contributed by atoms with Crippen molar-refractivity contribution >= 4 is 11.9 Å². The van der Waals surface area contributed by atoms with E-state index >= 15 is 0 Å². The van der Waals surface area contributed by atoms with Gasteiger partial charge in [-0.2, -0.15) is 0 Å². The van der Waals surface area contributed by atoms with E-state index < -0.39 is 0 Å². The number of urea groups is 1.